The van der Waals surface area contributed by atoms with E-state index in [9.17, 15) is 9.59 Å². The van der Waals surface area contributed by atoms with Gasteiger partial charge in [-0.05, 0) is 24.2 Å². The number of halogens is 1. The molecule has 1 N–H and O–H groups in total. The molecule has 0 fully saturated rings. The molecule has 0 unspecified atom stereocenters. The Labute approximate surface area is 186 Å². The van der Waals surface area contributed by atoms with Crippen molar-refractivity contribution < 1.29 is 14.3 Å². The van der Waals surface area contributed by atoms with Crippen LogP contribution in [0.5, 0.6) is 0 Å². The molecule has 6 nitrogen and oxygen atoms in total. The molecule has 0 bridgehead atoms. The van der Waals surface area contributed by atoms with Gasteiger partial charge in [-0.1, -0.05) is 54.9 Å². The predicted octanol–water partition coefficient (Wildman–Crippen LogP) is 3.74. The van der Waals surface area contributed by atoms with Gasteiger partial charge in [-0.15, -0.1) is 0 Å². The Balaban J connectivity index is 1.51. The van der Waals surface area contributed by atoms with Crippen LogP contribution in [0.3, 0.4) is 0 Å². The number of nitrogens with one attached hydrogen (secondary N) is 1. The van der Waals surface area contributed by atoms with E-state index in [1.54, 1.807) is 6.07 Å². The molecule has 1 aliphatic heterocycles. The van der Waals surface area contributed by atoms with Crippen LogP contribution in [0, 0.1) is 0 Å². The number of pyridine rings is 1. The minimum atomic E-state index is -0.499. The van der Waals surface area contributed by atoms with Gasteiger partial charge in [0.05, 0.1) is 11.1 Å². The van der Waals surface area contributed by atoms with Gasteiger partial charge in [-0.2, -0.15) is 0 Å². The van der Waals surface area contributed by atoms with E-state index in [1.807, 2.05) is 42.5 Å². The SMILES string of the molecule is CCN1CCc2nc3ccccc3c(C(=O)OCC(=O)NCc3ccccc3Cl)c2C1. The summed E-state index contributed by atoms with van der Waals surface area (Å²) in [5, 5.41) is 4.07. The number of rotatable bonds is 6. The van der Waals surface area contributed by atoms with E-state index >= 15 is 0 Å². The molecule has 160 valence electrons. The molecule has 1 aliphatic rings. The molecule has 2 aromatic carbocycles. The maximum absolute atomic E-state index is 13.1. The van der Waals surface area contributed by atoms with Gasteiger partial charge in [-0.25, -0.2) is 4.79 Å². The topological polar surface area (TPSA) is 71.5 Å². The number of hydrogen-bond acceptors (Lipinski definition) is 5. The Morgan fingerprint density at radius 1 is 1.16 bits per heavy atom. The number of amides is 1. The van der Waals surface area contributed by atoms with Crippen LogP contribution in [-0.4, -0.2) is 41.5 Å². The second-order valence-electron chi connectivity index (χ2n) is 7.49. The number of fused-ring (bicyclic) bond motifs is 2. The molecule has 0 radical (unpaired) electrons. The zero-order chi connectivity index (χ0) is 21.8. The van der Waals surface area contributed by atoms with Crippen molar-refractivity contribution in [2.45, 2.75) is 26.4 Å². The van der Waals surface area contributed by atoms with Crippen molar-refractivity contribution >= 4 is 34.4 Å². The minimum absolute atomic E-state index is 0.273. The second kappa shape index (κ2) is 9.45. The van der Waals surface area contributed by atoms with Gasteiger partial charge in [0, 0.05) is 47.7 Å². The van der Waals surface area contributed by atoms with Gasteiger partial charge in [0.1, 0.15) is 0 Å². The lowest BCUT2D eigenvalue weighted by Gasteiger charge is -2.28. The third kappa shape index (κ3) is 4.70. The number of benzene rings is 2. The van der Waals surface area contributed by atoms with Crippen molar-refractivity contribution in [2.24, 2.45) is 0 Å². The van der Waals surface area contributed by atoms with Crippen LogP contribution < -0.4 is 5.32 Å². The summed E-state index contributed by atoms with van der Waals surface area (Å²) in [5.41, 5.74) is 3.91. The monoisotopic (exact) mass is 437 g/mol. The Kier molecular flexibility index (Phi) is 6.49. The zero-order valence-electron chi connectivity index (χ0n) is 17.4. The number of esters is 1. The van der Waals surface area contributed by atoms with Crippen LogP contribution in [0.1, 0.15) is 34.1 Å². The Hall–Kier alpha value is -2.96. The number of ether oxygens (including phenoxy) is 1. The quantitative estimate of drug-likeness (QED) is 0.595. The second-order valence-corrected chi connectivity index (χ2v) is 7.90. The van der Waals surface area contributed by atoms with Crippen LogP contribution in [0.4, 0.5) is 0 Å². The number of hydrogen-bond donors (Lipinski definition) is 1. The first kappa shape index (κ1) is 21.3. The molecule has 1 aromatic heterocycles. The highest BCUT2D eigenvalue weighted by molar-refractivity contribution is 6.31. The minimum Gasteiger partial charge on any atom is -0.452 e. The van der Waals surface area contributed by atoms with E-state index in [0.717, 1.165) is 47.2 Å². The Bertz CT molecular complexity index is 1130. The highest BCUT2D eigenvalue weighted by atomic mass is 35.5. The summed E-state index contributed by atoms with van der Waals surface area (Å²) >= 11 is 6.12. The van der Waals surface area contributed by atoms with Crippen molar-refractivity contribution in [3.05, 3.63) is 75.9 Å². The number of likely N-dealkylation sites (N-methyl/N-ethyl adjacent to an activating group) is 1. The summed E-state index contributed by atoms with van der Waals surface area (Å²) < 4.78 is 5.42. The molecule has 3 aromatic rings. The van der Waals surface area contributed by atoms with E-state index < -0.39 is 5.97 Å². The van der Waals surface area contributed by atoms with Gasteiger partial charge in [0.25, 0.3) is 5.91 Å². The number of aromatic nitrogens is 1. The maximum Gasteiger partial charge on any atom is 0.339 e. The van der Waals surface area contributed by atoms with Crippen molar-refractivity contribution in [2.75, 3.05) is 19.7 Å². The summed E-state index contributed by atoms with van der Waals surface area (Å²) in [5.74, 6) is -0.878. The predicted molar refractivity (Wildman–Crippen MR) is 120 cm³/mol. The van der Waals surface area contributed by atoms with Crippen LogP contribution in [0.25, 0.3) is 10.9 Å². The first-order valence-electron chi connectivity index (χ1n) is 10.4. The summed E-state index contributed by atoms with van der Waals surface area (Å²) in [7, 11) is 0. The van der Waals surface area contributed by atoms with Gasteiger partial charge in [-0.3, -0.25) is 14.7 Å². The fourth-order valence-corrected chi connectivity index (χ4v) is 4.04. The fourth-order valence-electron chi connectivity index (χ4n) is 3.84. The summed E-state index contributed by atoms with van der Waals surface area (Å²) in [4.78, 5) is 32.4. The molecule has 31 heavy (non-hydrogen) atoms. The van der Waals surface area contributed by atoms with Gasteiger partial charge in [0.2, 0.25) is 0 Å². The number of carbonyl (C=O) groups is 2. The van der Waals surface area contributed by atoms with Crippen LogP contribution >= 0.6 is 11.6 Å². The third-order valence-electron chi connectivity index (χ3n) is 5.55. The first-order valence-corrected chi connectivity index (χ1v) is 10.7. The van der Waals surface area contributed by atoms with Gasteiger partial charge in [0.15, 0.2) is 6.61 Å². The van der Waals surface area contributed by atoms with E-state index in [1.165, 1.54) is 0 Å². The van der Waals surface area contributed by atoms with Crippen molar-refractivity contribution in [3.63, 3.8) is 0 Å². The summed E-state index contributed by atoms with van der Waals surface area (Å²) in [6.45, 7) is 4.47. The van der Waals surface area contributed by atoms with Crippen LogP contribution in [0.15, 0.2) is 48.5 Å². The maximum atomic E-state index is 13.1. The fraction of sp³-hybridized carbons (Fsp3) is 0.292. The van der Waals surface area contributed by atoms with Crippen molar-refractivity contribution in [3.8, 4) is 0 Å². The summed E-state index contributed by atoms with van der Waals surface area (Å²) in [6.07, 6.45) is 0.784. The highest BCUT2D eigenvalue weighted by Crippen LogP contribution is 2.28. The molecule has 0 saturated heterocycles. The molecule has 0 aliphatic carbocycles. The smallest absolute Gasteiger partial charge is 0.339 e. The lowest BCUT2D eigenvalue weighted by molar-refractivity contribution is -0.124. The van der Waals surface area contributed by atoms with E-state index in [-0.39, 0.29) is 19.1 Å². The van der Waals surface area contributed by atoms with Gasteiger partial charge < -0.3 is 10.1 Å². The first-order chi connectivity index (χ1) is 15.1. The molecule has 2 heterocycles. The molecule has 7 heteroatoms. The van der Waals surface area contributed by atoms with Gasteiger partial charge >= 0.3 is 5.97 Å². The lowest BCUT2D eigenvalue weighted by atomic mass is 9.96. The molecular formula is C24H24ClN3O3. The standard InChI is InChI=1S/C24H24ClN3O3/c1-2-28-12-11-21-18(14-28)23(17-8-4-6-10-20(17)27-21)24(30)31-15-22(29)26-13-16-7-3-5-9-19(16)25/h3-10H,2,11-15H2,1H3,(H,26,29). The van der Waals surface area contributed by atoms with E-state index in [0.29, 0.717) is 17.1 Å². The van der Waals surface area contributed by atoms with Crippen molar-refractivity contribution in [1.29, 1.82) is 0 Å². The molecule has 0 saturated carbocycles. The van der Waals surface area contributed by atoms with E-state index in [2.05, 4.69) is 17.1 Å². The highest BCUT2D eigenvalue weighted by Gasteiger charge is 2.26. The molecule has 0 atom stereocenters. The Morgan fingerprint density at radius 2 is 1.94 bits per heavy atom. The largest absolute Gasteiger partial charge is 0.452 e. The normalized spacial score (nSPS) is 13.6. The third-order valence-corrected chi connectivity index (χ3v) is 5.91. The average molecular weight is 438 g/mol. The van der Waals surface area contributed by atoms with Crippen LogP contribution in [0.2, 0.25) is 5.02 Å². The number of nitrogens with zero attached hydrogens (tertiary/aromatic N) is 2. The zero-order valence-corrected chi connectivity index (χ0v) is 18.1. The molecule has 0 spiro atoms. The molecule has 1 amide bonds. The van der Waals surface area contributed by atoms with Crippen LogP contribution in [-0.2, 0) is 29.0 Å². The van der Waals surface area contributed by atoms with E-state index in [4.69, 9.17) is 21.3 Å². The molecular weight excluding hydrogens is 414 g/mol. The molecule has 4 rings (SSSR count). The number of carbonyl (C=O) groups excluding carboxylic acids is 2. The number of para-hydroxylation sites is 1. The average Bonchev–Trinajstić information content (AvgIpc) is 2.80. The summed E-state index contributed by atoms with van der Waals surface area (Å²) in [6, 6.07) is 14.8. The lowest BCUT2D eigenvalue weighted by Crippen LogP contribution is -2.33. The Morgan fingerprint density at radius 3 is 2.74 bits per heavy atom. The van der Waals surface area contributed by atoms with Crippen molar-refractivity contribution in [1.82, 2.24) is 15.2 Å².